The fraction of sp³-hybridized carbons (Fsp3) is 0.600. The molecule has 0 aliphatic carbocycles. The number of alkyl halides is 3. The van der Waals surface area contributed by atoms with Crippen molar-refractivity contribution in [3.63, 3.8) is 0 Å². The number of H-pyrrole nitrogens is 1. The van der Waals surface area contributed by atoms with E-state index < -0.39 is 24.0 Å². The zero-order valence-corrected chi connectivity index (χ0v) is 9.30. The third kappa shape index (κ3) is 4.08. The van der Waals surface area contributed by atoms with Gasteiger partial charge in [0.25, 0.3) is 5.56 Å². The number of halogens is 3. The molecule has 0 atom stereocenters. The van der Waals surface area contributed by atoms with E-state index in [2.05, 4.69) is 4.98 Å². The highest BCUT2D eigenvalue weighted by Crippen LogP contribution is 2.15. The minimum absolute atomic E-state index is 0.148. The van der Waals surface area contributed by atoms with E-state index in [-0.39, 0.29) is 4.57 Å². The van der Waals surface area contributed by atoms with Crippen molar-refractivity contribution in [1.82, 2.24) is 9.55 Å². The molecule has 1 aromatic heterocycles. The highest BCUT2D eigenvalue weighted by molar-refractivity contribution is 5.00. The third-order valence-corrected chi connectivity index (χ3v) is 2.21. The van der Waals surface area contributed by atoms with Crippen molar-refractivity contribution in [3.8, 4) is 0 Å². The van der Waals surface area contributed by atoms with Gasteiger partial charge in [-0.15, -0.1) is 0 Å². The molecule has 0 saturated carbocycles. The van der Waals surface area contributed by atoms with Crippen LogP contribution in [0.2, 0.25) is 0 Å². The molecule has 4 nitrogen and oxygen atoms in total. The Hall–Kier alpha value is -1.53. The van der Waals surface area contributed by atoms with Crippen LogP contribution < -0.4 is 11.2 Å². The number of aryl methyl sites for hydroxylation is 1. The summed E-state index contributed by atoms with van der Waals surface area (Å²) >= 11 is 0. The topological polar surface area (TPSA) is 54.9 Å². The second-order valence-corrected chi connectivity index (χ2v) is 3.74. The summed E-state index contributed by atoms with van der Waals surface area (Å²) < 4.78 is 36.4. The minimum Gasteiger partial charge on any atom is -0.311 e. The van der Waals surface area contributed by atoms with E-state index in [1.54, 1.807) is 0 Å². The maximum atomic E-state index is 12.1. The highest BCUT2D eigenvalue weighted by atomic mass is 19.4. The van der Waals surface area contributed by atoms with Gasteiger partial charge in [-0.3, -0.25) is 9.36 Å². The van der Waals surface area contributed by atoms with Crippen LogP contribution >= 0.6 is 0 Å². The van der Waals surface area contributed by atoms with E-state index >= 15 is 0 Å². The number of hydrogen-bond donors (Lipinski definition) is 1. The molecule has 0 aromatic carbocycles. The van der Waals surface area contributed by atoms with Gasteiger partial charge in [0.1, 0.15) is 6.54 Å². The summed E-state index contributed by atoms with van der Waals surface area (Å²) in [6, 6.07) is 1.04. The normalized spacial score (nSPS) is 11.8. The minimum atomic E-state index is -4.58. The van der Waals surface area contributed by atoms with Crippen molar-refractivity contribution in [2.24, 2.45) is 0 Å². The van der Waals surface area contributed by atoms with Gasteiger partial charge in [-0.25, -0.2) is 4.79 Å². The summed E-state index contributed by atoms with van der Waals surface area (Å²) in [5.74, 6) is 0. The highest BCUT2D eigenvalue weighted by Gasteiger charge is 2.29. The van der Waals surface area contributed by atoms with E-state index in [0.29, 0.717) is 12.1 Å². The van der Waals surface area contributed by atoms with Crippen LogP contribution in [-0.4, -0.2) is 15.7 Å². The molecule has 7 heteroatoms. The lowest BCUT2D eigenvalue weighted by molar-refractivity contribution is -0.141. The van der Waals surface area contributed by atoms with Crippen molar-refractivity contribution < 1.29 is 13.2 Å². The lowest BCUT2D eigenvalue weighted by Crippen LogP contribution is -2.39. The van der Waals surface area contributed by atoms with Crippen molar-refractivity contribution in [2.45, 2.75) is 38.9 Å². The van der Waals surface area contributed by atoms with E-state index in [4.69, 9.17) is 0 Å². The van der Waals surface area contributed by atoms with Gasteiger partial charge in [-0.2, -0.15) is 13.2 Å². The number of unbranched alkanes of at least 4 members (excludes halogenated alkanes) is 1. The lowest BCUT2D eigenvalue weighted by Gasteiger charge is -2.08. The molecule has 17 heavy (non-hydrogen) atoms. The largest absolute Gasteiger partial charge is 0.406 e. The van der Waals surface area contributed by atoms with Gasteiger partial charge >= 0.3 is 11.9 Å². The molecule has 0 aliphatic heterocycles. The van der Waals surface area contributed by atoms with E-state index in [0.717, 1.165) is 18.9 Å². The summed E-state index contributed by atoms with van der Waals surface area (Å²) in [5, 5.41) is 0. The summed E-state index contributed by atoms with van der Waals surface area (Å²) in [4.78, 5) is 24.9. The zero-order chi connectivity index (χ0) is 13.1. The Balaban J connectivity index is 3.03. The molecular formula is C10H13F3N2O2. The molecular weight excluding hydrogens is 237 g/mol. The molecule has 1 aromatic rings. The second kappa shape index (κ2) is 5.20. The summed E-state index contributed by atoms with van der Waals surface area (Å²) in [6.07, 6.45) is -2.47. The SMILES string of the molecule is CCCCc1cc(=O)n(CC(F)(F)F)c(=O)[nH]1. The molecule has 0 bridgehead atoms. The van der Waals surface area contributed by atoms with Crippen molar-refractivity contribution in [2.75, 3.05) is 0 Å². The number of aromatic nitrogens is 2. The average Bonchev–Trinajstić information content (AvgIpc) is 2.19. The van der Waals surface area contributed by atoms with Gasteiger partial charge in [0.2, 0.25) is 0 Å². The van der Waals surface area contributed by atoms with Crippen LogP contribution in [0.5, 0.6) is 0 Å². The van der Waals surface area contributed by atoms with Crippen molar-refractivity contribution in [3.05, 3.63) is 32.6 Å². The predicted molar refractivity (Wildman–Crippen MR) is 56.0 cm³/mol. The molecule has 0 fully saturated rings. The monoisotopic (exact) mass is 250 g/mol. The molecule has 1 heterocycles. The van der Waals surface area contributed by atoms with E-state index in [1.807, 2.05) is 6.92 Å². The second-order valence-electron chi connectivity index (χ2n) is 3.74. The average molecular weight is 250 g/mol. The molecule has 0 amide bonds. The van der Waals surface area contributed by atoms with Crippen LogP contribution in [0.15, 0.2) is 15.7 Å². The van der Waals surface area contributed by atoms with Crippen LogP contribution in [0.1, 0.15) is 25.5 Å². The zero-order valence-electron chi connectivity index (χ0n) is 9.30. The van der Waals surface area contributed by atoms with Crippen LogP contribution in [-0.2, 0) is 13.0 Å². The lowest BCUT2D eigenvalue weighted by atomic mass is 10.2. The van der Waals surface area contributed by atoms with E-state index in [9.17, 15) is 22.8 Å². The molecule has 0 unspecified atom stereocenters. The summed E-state index contributed by atoms with van der Waals surface area (Å²) in [6.45, 7) is 0.373. The Kier molecular flexibility index (Phi) is 4.14. The summed E-state index contributed by atoms with van der Waals surface area (Å²) in [5.41, 5.74) is -1.56. The maximum absolute atomic E-state index is 12.1. The number of hydrogen-bond acceptors (Lipinski definition) is 2. The fourth-order valence-electron chi connectivity index (χ4n) is 1.40. The molecule has 1 N–H and O–H groups in total. The van der Waals surface area contributed by atoms with Crippen molar-refractivity contribution in [1.29, 1.82) is 0 Å². The Morgan fingerprint density at radius 3 is 2.47 bits per heavy atom. The molecule has 1 rings (SSSR count). The molecule has 0 aliphatic rings. The first kappa shape index (κ1) is 13.5. The molecule has 96 valence electrons. The van der Waals surface area contributed by atoms with Gasteiger partial charge in [-0.1, -0.05) is 13.3 Å². The maximum Gasteiger partial charge on any atom is 0.406 e. The Labute approximate surface area is 95.1 Å². The van der Waals surface area contributed by atoms with Crippen LogP contribution in [0, 0.1) is 0 Å². The smallest absolute Gasteiger partial charge is 0.311 e. The molecule has 0 spiro atoms. The summed E-state index contributed by atoms with van der Waals surface area (Å²) in [7, 11) is 0. The number of nitrogens with one attached hydrogen (secondary N) is 1. The first-order chi connectivity index (χ1) is 7.83. The van der Waals surface area contributed by atoms with Gasteiger partial charge in [0.05, 0.1) is 0 Å². The van der Waals surface area contributed by atoms with Gasteiger partial charge in [0, 0.05) is 11.8 Å². The Bertz CT molecular complexity index is 456. The van der Waals surface area contributed by atoms with Gasteiger partial charge in [-0.05, 0) is 12.8 Å². The molecule has 0 saturated heterocycles. The van der Waals surface area contributed by atoms with Crippen LogP contribution in [0.25, 0.3) is 0 Å². The van der Waals surface area contributed by atoms with Crippen molar-refractivity contribution >= 4 is 0 Å². The number of aromatic amines is 1. The number of nitrogens with zero attached hydrogens (tertiary/aromatic N) is 1. The van der Waals surface area contributed by atoms with Crippen LogP contribution in [0.3, 0.4) is 0 Å². The first-order valence-electron chi connectivity index (χ1n) is 5.23. The quantitative estimate of drug-likeness (QED) is 0.879. The standard InChI is InChI=1S/C10H13F3N2O2/c1-2-3-4-7-5-8(16)15(9(17)14-7)6-10(11,12)13/h5H,2-4,6H2,1H3,(H,14,17). The fourth-order valence-corrected chi connectivity index (χ4v) is 1.40. The Morgan fingerprint density at radius 2 is 2.00 bits per heavy atom. The Morgan fingerprint density at radius 1 is 1.35 bits per heavy atom. The van der Waals surface area contributed by atoms with Gasteiger partial charge < -0.3 is 4.98 Å². The predicted octanol–water partition coefficient (Wildman–Crippen LogP) is 1.44. The third-order valence-electron chi connectivity index (χ3n) is 2.21. The molecule has 0 radical (unpaired) electrons. The number of rotatable bonds is 4. The first-order valence-corrected chi connectivity index (χ1v) is 5.23. The van der Waals surface area contributed by atoms with E-state index in [1.165, 1.54) is 0 Å². The van der Waals surface area contributed by atoms with Crippen LogP contribution in [0.4, 0.5) is 13.2 Å². The van der Waals surface area contributed by atoms with Gasteiger partial charge in [0.15, 0.2) is 0 Å².